The van der Waals surface area contributed by atoms with E-state index < -0.39 is 23.7 Å². The molecule has 0 aromatic heterocycles. The molecule has 0 radical (unpaired) electrons. The molecule has 0 spiro atoms. The third kappa shape index (κ3) is 6.04. The molecule has 0 fully saturated rings. The molecule has 1 aromatic rings. The van der Waals surface area contributed by atoms with Crippen molar-refractivity contribution in [2.24, 2.45) is 0 Å². The molecule has 1 rings (SSSR count). The highest BCUT2D eigenvalue weighted by atomic mass is 16.6. The van der Waals surface area contributed by atoms with E-state index in [4.69, 9.17) is 9.84 Å². The number of carbonyl (C=O) groups excluding carboxylic acids is 1. The van der Waals surface area contributed by atoms with E-state index in [1.165, 1.54) is 6.08 Å². The first kappa shape index (κ1) is 15.8. The molecule has 0 bridgehead atoms. The Morgan fingerprint density at radius 2 is 1.85 bits per heavy atom. The first-order valence-corrected chi connectivity index (χ1v) is 6.23. The number of hydrogen-bond acceptors (Lipinski definition) is 3. The molecule has 0 aliphatic rings. The lowest BCUT2D eigenvalue weighted by Gasteiger charge is -2.22. The van der Waals surface area contributed by atoms with Gasteiger partial charge in [-0.3, -0.25) is 0 Å². The smallest absolute Gasteiger partial charge is 0.408 e. The molecule has 0 saturated carbocycles. The Bertz CT molecular complexity index is 488. The highest BCUT2D eigenvalue weighted by molar-refractivity contribution is 5.80. The second kappa shape index (κ2) is 6.75. The first-order chi connectivity index (χ1) is 9.28. The van der Waals surface area contributed by atoms with E-state index in [0.29, 0.717) is 0 Å². The molecule has 0 aliphatic carbocycles. The number of carboxylic acids is 1. The number of amides is 1. The van der Waals surface area contributed by atoms with Gasteiger partial charge in [0.2, 0.25) is 0 Å². The minimum absolute atomic E-state index is 0.554. The Morgan fingerprint density at radius 1 is 1.25 bits per heavy atom. The number of ether oxygens (including phenoxy) is 1. The van der Waals surface area contributed by atoms with Crippen molar-refractivity contribution >= 4 is 12.1 Å². The zero-order valence-corrected chi connectivity index (χ0v) is 11.8. The quantitative estimate of drug-likeness (QED) is 0.830. The Kier molecular flexibility index (Phi) is 5.32. The van der Waals surface area contributed by atoms with Gasteiger partial charge in [-0.25, -0.2) is 9.59 Å². The maximum atomic E-state index is 11.8. The zero-order chi connectivity index (χ0) is 15.2. The number of benzene rings is 1. The summed E-state index contributed by atoms with van der Waals surface area (Å²) in [7, 11) is 0. The van der Waals surface area contributed by atoms with Crippen LogP contribution in [0.2, 0.25) is 0 Å². The monoisotopic (exact) mass is 277 g/mol. The van der Waals surface area contributed by atoms with Crippen molar-refractivity contribution < 1.29 is 19.4 Å². The summed E-state index contributed by atoms with van der Waals surface area (Å²) in [6.45, 7) is 5.28. The van der Waals surface area contributed by atoms with Crippen LogP contribution in [0.5, 0.6) is 0 Å². The Labute approximate surface area is 118 Å². The van der Waals surface area contributed by atoms with Crippen LogP contribution in [0.1, 0.15) is 32.4 Å². The predicted octanol–water partition coefficient (Wildman–Crippen LogP) is 2.89. The highest BCUT2D eigenvalue weighted by Crippen LogP contribution is 2.15. The van der Waals surface area contributed by atoms with Crippen LogP contribution < -0.4 is 5.32 Å². The Balaban J connectivity index is 2.84. The van der Waals surface area contributed by atoms with E-state index >= 15 is 0 Å². The number of nitrogens with one attached hydrogen (secondary N) is 1. The van der Waals surface area contributed by atoms with E-state index in [-0.39, 0.29) is 0 Å². The molecule has 1 aromatic carbocycles. The molecule has 2 N–H and O–H groups in total. The van der Waals surface area contributed by atoms with Gasteiger partial charge in [0.25, 0.3) is 0 Å². The molecule has 1 unspecified atom stereocenters. The molecule has 0 heterocycles. The van der Waals surface area contributed by atoms with E-state index in [9.17, 15) is 9.59 Å². The van der Waals surface area contributed by atoms with E-state index in [0.717, 1.165) is 11.6 Å². The van der Waals surface area contributed by atoms with Gasteiger partial charge in [-0.2, -0.15) is 0 Å². The van der Waals surface area contributed by atoms with Crippen molar-refractivity contribution in [2.45, 2.75) is 32.4 Å². The summed E-state index contributed by atoms with van der Waals surface area (Å²) in [5.41, 5.74) is 0.165. The van der Waals surface area contributed by atoms with Crippen LogP contribution in [0.15, 0.2) is 42.5 Å². The number of carbonyl (C=O) groups is 2. The third-order valence-corrected chi connectivity index (χ3v) is 2.26. The number of hydrogen-bond donors (Lipinski definition) is 2. The van der Waals surface area contributed by atoms with Crippen molar-refractivity contribution in [3.05, 3.63) is 48.0 Å². The second-order valence-corrected chi connectivity index (χ2v) is 5.23. The van der Waals surface area contributed by atoms with Crippen LogP contribution in [0.25, 0.3) is 0 Å². The molecule has 5 heteroatoms. The molecule has 1 amide bonds. The number of rotatable bonds is 4. The van der Waals surface area contributed by atoms with E-state index in [2.05, 4.69) is 5.32 Å². The maximum absolute atomic E-state index is 11.8. The predicted molar refractivity (Wildman–Crippen MR) is 75.3 cm³/mol. The SMILES string of the molecule is CC(C)(C)OC(=O)NC(/C=C/C(=O)O)c1ccccc1. The van der Waals surface area contributed by atoms with Crippen molar-refractivity contribution in [3.63, 3.8) is 0 Å². The number of alkyl carbamates (subject to hydrolysis) is 1. The van der Waals surface area contributed by atoms with Gasteiger partial charge in [0.05, 0.1) is 6.04 Å². The summed E-state index contributed by atoms with van der Waals surface area (Å²) >= 11 is 0. The van der Waals surface area contributed by atoms with E-state index in [1.807, 2.05) is 18.2 Å². The van der Waals surface area contributed by atoms with Crippen LogP contribution in [0, 0.1) is 0 Å². The standard InChI is InChI=1S/C15H19NO4/c1-15(2,3)20-14(19)16-12(9-10-13(17)18)11-7-5-4-6-8-11/h4-10,12H,1-3H3,(H,16,19)(H,17,18)/b10-9+. The molecule has 0 saturated heterocycles. The zero-order valence-electron chi connectivity index (χ0n) is 11.8. The van der Waals surface area contributed by atoms with Crippen LogP contribution in [-0.4, -0.2) is 22.8 Å². The molecule has 108 valence electrons. The van der Waals surface area contributed by atoms with Gasteiger partial charge in [-0.05, 0) is 26.3 Å². The summed E-state index contributed by atoms with van der Waals surface area (Å²) in [5.74, 6) is -1.07. The number of carboxylic acid groups (broad SMARTS) is 1. The summed E-state index contributed by atoms with van der Waals surface area (Å²) < 4.78 is 5.17. The lowest BCUT2D eigenvalue weighted by Crippen LogP contribution is -2.34. The second-order valence-electron chi connectivity index (χ2n) is 5.23. The molecule has 1 atom stereocenters. The summed E-state index contributed by atoms with van der Waals surface area (Å²) in [5, 5.41) is 11.3. The van der Waals surface area contributed by atoms with Gasteiger partial charge < -0.3 is 15.2 Å². The van der Waals surface area contributed by atoms with Crippen molar-refractivity contribution in [1.82, 2.24) is 5.32 Å². The van der Waals surface area contributed by atoms with Crippen LogP contribution in [0.3, 0.4) is 0 Å². The van der Waals surface area contributed by atoms with Gasteiger partial charge in [0.15, 0.2) is 0 Å². The lowest BCUT2D eigenvalue weighted by atomic mass is 10.1. The van der Waals surface area contributed by atoms with Crippen molar-refractivity contribution in [2.75, 3.05) is 0 Å². The molecule has 20 heavy (non-hydrogen) atoms. The van der Waals surface area contributed by atoms with Gasteiger partial charge in [0, 0.05) is 6.08 Å². The summed E-state index contributed by atoms with van der Waals surface area (Å²) in [6.07, 6.45) is 1.80. The first-order valence-electron chi connectivity index (χ1n) is 6.23. The van der Waals surface area contributed by atoms with Crippen LogP contribution in [0.4, 0.5) is 4.79 Å². The summed E-state index contributed by atoms with van der Waals surface area (Å²) in [4.78, 5) is 22.4. The lowest BCUT2D eigenvalue weighted by molar-refractivity contribution is -0.131. The highest BCUT2D eigenvalue weighted by Gasteiger charge is 2.19. The maximum Gasteiger partial charge on any atom is 0.408 e. The average molecular weight is 277 g/mol. The van der Waals surface area contributed by atoms with Crippen LogP contribution >= 0.6 is 0 Å². The van der Waals surface area contributed by atoms with Crippen LogP contribution in [-0.2, 0) is 9.53 Å². The topological polar surface area (TPSA) is 75.6 Å². The van der Waals surface area contributed by atoms with E-state index in [1.54, 1.807) is 32.9 Å². The fourth-order valence-corrected chi connectivity index (χ4v) is 1.52. The average Bonchev–Trinajstić information content (AvgIpc) is 2.33. The molecular formula is C15H19NO4. The number of aliphatic carboxylic acids is 1. The Hall–Kier alpha value is -2.30. The van der Waals surface area contributed by atoms with Gasteiger partial charge in [0.1, 0.15) is 5.60 Å². The minimum atomic E-state index is -1.07. The summed E-state index contributed by atoms with van der Waals surface area (Å²) in [6, 6.07) is 8.51. The van der Waals surface area contributed by atoms with Crippen molar-refractivity contribution in [1.29, 1.82) is 0 Å². The largest absolute Gasteiger partial charge is 0.478 e. The molecule has 0 aliphatic heterocycles. The fraction of sp³-hybridized carbons (Fsp3) is 0.333. The fourth-order valence-electron chi connectivity index (χ4n) is 1.52. The molecular weight excluding hydrogens is 258 g/mol. The van der Waals surface area contributed by atoms with Crippen molar-refractivity contribution in [3.8, 4) is 0 Å². The normalized spacial score (nSPS) is 12.9. The molecule has 5 nitrogen and oxygen atoms in total. The van der Waals surface area contributed by atoms with Gasteiger partial charge in [-0.15, -0.1) is 0 Å². The Morgan fingerprint density at radius 3 is 2.35 bits per heavy atom. The minimum Gasteiger partial charge on any atom is -0.478 e. The van der Waals surface area contributed by atoms with Gasteiger partial charge >= 0.3 is 12.1 Å². The third-order valence-electron chi connectivity index (χ3n) is 2.26. The van der Waals surface area contributed by atoms with Gasteiger partial charge in [-0.1, -0.05) is 36.4 Å².